The van der Waals surface area contributed by atoms with Crippen LogP contribution in [-0.2, 0) is 5.79 Å². The quantitative estimate of drug-likeness (QED) is 0.598. The van der Waals surface area contributed by atoms with Crippen LogP contribution in [0.15, 0.2) is 23.3 Å². The molecule has 4 atom stereocenters. The van der Waals surface area contributed by atoms with E-state index in [-0.39, 0.29) is 5.96 Å². The zero-order chi connectivity index (χ0) is 17.7. The summed E-state index contributed by atoms with van der Waals surface area (Å²) >= 11 is 0. The van der Waals surface area contributed by atoms with E-state index in [1.54, 1.807) is 6.20 Å². The molecule has 3 heterocycles. The number of nitrogens with one attached hydrogen (secondary N) is 2. The molecule has 5 rings (SSSR count). The predicted octanol–water partition coefficient (Wildman–Crippen LogP) is -0.116. The number of piperazine rings is 1. The summed E-state index contributed by atoms with van der Waals surface area (Å²) in [4.78, 5) is 13.9. The van der Waals surface area contributed by atoms with Gasteiger partial charge in [0.25, 0.3) is 0 Å². The maximum atomic E-state index is 6.22. The molecule has 0 radical (unpaired) electrons. The first kappa shape index (κ1) is 16.3. The minimum absolute atomic E-state index is 0.285. The van der Waals surface area contributed by atoms with Crippen molar-refractivity contribution in [3.63, 3.8) is 0 Å². The molecule has 6 N–H and O–H groups in total. The lowest BCUT2D eigenvalue weighted by Crippen LogP contribution is -2.52. The predicted molar refractivity (Wildman–Crippen MR) is 101 cm³/mol. The van der Waals surface area contributed by atoms with Crippen molar-refractivity contribution in [3.8, 4) is 0 Å². The number of guanidine groups is 1. The molecule has 1 aromatic heterocycles. The van der Waals surface area contributed by atoms with Crippen LogP contribution in [-0.4, -0.2) is 48.1 Å². The number of rotatable bonds is 3. The zero-order valence-electron chi connectivity index (χ0n) is 15.1. The maximum Gasteiger partial charge on any atom is 0.210 e. The van der Waals surface area contributed by atoms with Gasteiger partial charge < -0.3 is 10.6 Å². The first-order chi connectivity index (χ1) is 12.6. The third-order valence-corrected chi connectivity index (χ3v) is 6.67. The van der Waals surface area contributed by atoms with E-state index in [0.29, 0.717) is 0 Å². The first-order valence-electron chi connectivity index (χ1n) is 9.74. The molecule has 140 valence electrons. The van der Waals surface area contributed by atoms with Gasteiger partial charge in [-0.2, -0.15) is 5.43 Å². The van der Waals surface area contributed by atoms with E-state index >= 15 is 0 Å². The number of aromatic nitrogens is 1. The fraction of sp³-hybridized carbons (Fsp3) is 0.667. The van der Waals surface area contributed by atoms with Gasteiger partial charge in [0.15, 0.2) is 0 Å². The second-order valence-corrected chi connectivity index (χ2v) is 8.18. The van der Waals surface area contributed by atoms with Gasteiger partial charge in [0.1, 0.15) is 5.82 Å². The lowest BCUT2D eigenvalue weighted by molar-refractivity contribution is 0.134. The Balaban J connectivity index is 1.22. The molecule has 0 aromatic carbocycles. The molecule has 0 amide bonds. The number of hydrazine groups is 1. The largest absolute Gasteiger partial charge is 0.369 e. The van der Waals surface area contributed by atoms with Crippen LogP contribution in [0.5, 0.6) is 0 Å². The molecule has 26 heavy (non-hydrogen) atoms. The monoisotopic (exact) mass is 356 g/mol. The van der Waals surface area contributed by atoms with Crippen molar-refractivity contribution in [2.24, 2.45) is 28.3 Å². The Bertz CT molecular complexity index is 696. The SMILES string of the molecule is NC1=NC(N)(c2ccc(N3CCN(C4CC5CCC4C5)CC3)nc2)NN1. The summed E-state index contributed by atoms with van der Waals surface area (Å²) in [6, 6.07) is 4.84. The number of anilines is 1. The molecule has 2 aliphatic carbocycles. The number of hydrogen-bond acceptors (Lipinski definition) is 8. The molecule has 8 nitrogen and oxygen atoms in total. The number of nitrogens with zero attached hydrogens (tertiary/aromatic N) is 4. The van der Waals surface area contributed by atoms with Crippen molar-refractivity contribution in [3.05, 3.63) is 23.9 Å². The van der Waals surface area contributed by atoms with Gasteiger partial charge in [0.2, 0.25) is 11.7 Å². The lowest BCUT2D eigenvalue weighted by atomic mass is 9.93. The van der Waals surface area contributed by atoms with E-state index < -0.39 is 5.79 Å². The summed E-state index contributed by atoms with van der Waals surface area (Å²) in [5.41, 5.74) is 18.3. The summed E-state index contributed by atoms with van der Waals surface area (Å²) < 4.78 is 0. The Morgan fingerprint density at radius 1 is 1.12 bits per heavy atom. The summed E-state index contributed by atoms with van der Waals surface area (Å²) in [6.45, 7) is 4.37. The van der Waals surface area contributed by atoms with E-state index in [2.05, 4.69) is 30.6 Å². The number of nitrogens with two attached hydrogens (primary N) is 2. The average molecular weight is 356 g/mol. The van der Waals surface area contributed by atoms with E-state index in [1.807, 2.05) is 12.1 Å². The van der Waals surface area contributed by atoms with Gasteiger partial charge in [-0.25, -0.2) is 9.98 Å². The summed E-state index contributed by atoms with van der Waals surface area (Å²) in [5.74, 6) is 2.22. The van der Waals surface area contributed by atoms with Crippen LogP contribution in [0.3, 0.4) is 0 Å². The molecule has 2 aliphatic heterocycles. The van der Waals surface area contributed by atoms with Crippen LogP contribution in [0, 0.1) is 11.8 Å². The maximum absolute atomic E-state index is 6.22. The van der Waals surface area contributed by atoms with E-state index in [9.17, 15) is 0 Å². The molecule has 3 fully saturated rings. The molecule has 1 saturated heterocycles. The van der Waals surface area contributed by atoms with Crippen LogP contribution in [0.1, 0.15) is 31.2 Å². The highest BCUT2D eigenvalue weighted by atomic mass is 15.6. The fourth-order valence-electron chi connectivity index (χ4n) is 5.28. The minimum atomic E-state index is -1.05. The van der Waals surface area contributed by atoms with Gasteiger partial charge in [-0.05, 0) is 43.2 Å². The smallest absolute Gasteiger partial charge is 0.210 e. The molecule has 1 aromatic rings. The standard InChI is InChI=1S/C18H28N8/c19-17-22-18(20,24-23-17)14-3-4-16(21-11-14)26-7-5-25(6-8-26)15-10-12-1-2-13(15)9-12/h3-4,11-13,15,24H,1-2,5-10,20H2,(H3,19,22,23). The second-order valence-electron chi connectivity index (χ2n) is 8.18. The van der Waals surface area contributed by atoms with Crippen LogP contribution in [0.2, 0.25) is 0 Å². The summed E-state index contributed by atoms with van der Waals surface area (Å²) in [6.07, 6.45) is 7.62. The highest BCUT2D eigenvalue weighted by Crippen LogP contribution is 2.46. The minimum Gasteiger partial charge on any atom is -0.369 e. The van der Waals surface area contributed by atoms with Crippen molar-refractivity contribution < 1.29 is 0 Å². The normalized spacial score (nSPS) is 37.0. The van der Waals surface area contributed by atoms with Crippen molar-refractivity contribution in [2.45, 2.75) is 37.5 Å². The third-order valence-electron chi connectivity index (χ3n) is 6.67. The van der Waals surface area contributed by atoms with Crippen LogP contribution in [0.25, 0.3) is 0 Å². The number of aliphatic imine (C=N–C) groups is 1. The molecule has 2 bridgehead atoms. The Labute approximate surface area is 154 Å². The van der Waals surface area contributed by atoms with Crippen LogP contribution >= 0.6 is 0 Å². The van der Waals surface area contributed by atoms with Crippen molar-refractivity contribution >= 4 is 11.8 Å². The molecule has 4 unspecified atom stereocenters. The number of hydrogen-bond donors (Lipinski definition) is 4. The molecular formula is C18H28N8. The van der Waals surface area contributed by atoms with Gasteiger partial charge in [-0.3, -0.25) is 16.1 Å². The third kappa shape index (κ3) is 2.72. The summed E-state index contributed by atoms with van der Waals surface area (Å²) in [7, 11) is 0. The van der Waals surface area contributed by atoms with Crippen molar-refractivity contribution in [1.82, 2.24) is 20.7 Å². The van der Waals surface area contributed by atoms with Gasteiger partial charge in [0.05, 0.1) is 0 Å². The van der Waals surface area contributed by atoms with Gasteiger partial charge in [-0.15, -0.1) is 0 Å². The van der Waals surface area contributed by atoms with E-state index in [1.165, 1.54) is 25.7 Å². The van der Waals surface area contributed by atoms with Gasteiger partial charge >= 0.3 is 0 Å². The highest BCUT2D eigenvalue weighted by Gasteiger charge is 2.42. The topological polar surface area (TPSA) is 108 Å². The van der Waals surface area contributed by atoms with Gasteiger partial charge in [-0.1, -0.05) is 6.42 Å². The van der Waals surface area contributed by atoms with E-state index in [0.717, 1.165) is 55.4 Å². The van der Waals surface area contributed by atoms with Crippen LogP contribution in [0.4, 0.5) is 5.82 Å². The Kier molecular flexibility index (Phi) is 3.80. The second kappa shape index (κ2) is 6.07. The molecule has 0 spiro atoms. The van der Waals surface area contributed by atoms with Crippen LogP contribution < -0.4 is 27.2 Å². The lowest BCUT2D eigenvalue weighted by Gasteiger charge is -2.41. The average Bonchev–Trinajstić information content (AvgIpc) is 3.38. The molecular weight excluding hydrogens is 328 g/mol. The Morgan fingerprint density at radius 3 is 2.54 bits per heavy atom. The Morgan fingerprint density at radius 2 is 1.96 bits per heavy atom. The number of fused-ring (bicyclic) bond motifs is 2. The van der Waals surface area contributed by atoms with E-state index in [4.69, 9.17) is 11.5 Å². The molecule has 4 aliphatic rings. The fourth-order valence-corrected chi connectivity index (χ4v) is 5.28. The summed E-state index contributed by atoms with van der Waals surface area (Å²) in [5, 5.41) is 0. The van der Waals surface area contributed by atoms with Gasteiger partial charge in [0, 0.05) is 44.0 Å². The van der Waals surface area contributed by atoms with Crippen molar-refractivity contribution in [2.75, 3.05) is 31.1 Å². The first-order valence-corrected chi connectivity index (χ1v) is 9.74. The van der Waals surface area contributed by atoms with Crippen molar-refractivity contribution in [1.29, 1.82) is 0 Å². The molecule has 8 heteroatoms. The molecule has 2 saturated carbocycles. The zero-order valence-corrected chi connectivity index (χ0v) is 15.1. The Hall–Kier alpha value is -1.90. The number of pyridine rings is 1. The highest BCUT2D eigenvalue weighted by molar-refractivity contribution is 5.79.